The molecular weight excluding hydrogens is 745 g/mol. The van der Waals surface area contributed by atoms with Gasteiger partial charge in [0.15, 0.2) is 0 Å². The second-order valence-electron chi connectivity index (χ2n) is 13.0. The molecule has 12 heteroatoms. The Kier molecular flexibility index (Phi) is 13.7. The molecule has 0 aliphatic carbocycles. The van der Waals surface area contributed by atoms with Crippen LogP contribution in [0.3, 0.4) is 0 Å². The zero-order chi connectivity index (χ0) is 39.4. The van der Waals surface area contributed by atoms with Crippen LogP contribution in [0.25, 0.3) is 6.08 Å². The van der Waals surface area contributed by atoms with Crippen molar-refractivity contribution < 1.29 is 28.7 Å². The highest BCUT2D eigenvalue weighted by molar-refractivity contribution is 8.00. The number of fused-ring (bicyclic) bond motifs is 1. The predicted octanol–water partition coefficient (Wildman–Crippen LogP) is 8.41. The van der Waals surface area contributed by atoms with E-state index >= 15 is 0 Å². The number of rotatable bonds is 15. The van der Waals surface area contributed by atoms with E-state index in [0.29, 0.717) is 52.5 Å². The number of benzene rings is 4. The second kappa shape index (κ2) is 19.3. The zero-order valence-corrected chi connectivity index (χ0v) is 33.1. The van der Waals surface area contributed by atoms with Crippen molar-refractivity contribution in [2.75, 3.05) is 30.9 Å². The van der Waals surface area contributed by atoms with Gasteiger partial charge in [0.25, 0.3) is 11.8 Å². The normalized spacial score (nSPS) is 13.2. The van der Waals surface area contributed by atoms with Gasteiger partial charge in [0.1, 0.15) is 16.4 Å². The summed E-state index contributed by atoms with van der Waals surface area (Å²) in [7, 11) is 1.57. The minimum Gasteiger partial charge on any atom is -0.497 e. The van der Waals surface area contributed by atoms with Gasteiger partial charge in [0, 0.05) is 40.7 Å². The largest absolute Gasteiger partial charge is 0.497 e. The standard InChI is InChI=1S/C44H44N4O6S2/c1-4-37(42(51)47-43-39(44(52)54-5-2)35-23-24-48(28-38(35)56-43)27-30-13-8-6-9-14-30)55-34-18-12-17-32(26-34)45-41(50)36(25-29-19-21-33(53-3)22-20-29)46-40(49)31-15-10-7-11-16-31/h6-22,25-26,37H,4-5,23-24,27-28H2,1-3H3,(H,45,50)(H,46,49)(H,47,51)/b36-25+. The summed E-state index contributed by atoms with van der Waals surface area (Å²) in [5.41, 5.74) is 4.24. The molecule has 0 saturated heterocycles. The Morgan fingerprint density at radius 2 is 1.62 bits per heavy atom. The number of nitrogens with zero attached hydrogens (tertiary/aromatic N) is 1. The molecule has 0 radical (unpaired) electrons. The number of anilines is 2. The fourth-order valence-corrected chi connectivity index (χ4v) is 8.57. The maximum atomic E-state index is 13.9. The highest BCUT2D eigenvalue weighted by atomic mass is 32.2. The third kappa shape index (κ3) is 10.3. The fraction of sp³-hybridized carbons (Fsp3) is 0.227. The van der Waals surface area contributed by atoms with Gasteiger partial charge in [-0.05, 0) is 85.0 Å². The summed E-state index contributed by atoms with van der Waals surface area (Å²) in [6.07, 6.45) is 2.79. The van der Waals surface area contributed by atoms with E-state index in [0.717, 1.165) is 28.4 Å². The number of nitrogens with one attached hydrogen (secondary N) is 3. The lowest BCUT2D eigenvalue weighted by Crippen LogP contribution is -2.30. The fourth-order valence-electron chi connectivity index (χ4n) is 6.27. The molecule has 1 aliphatic heterocycles. The Morgan fingerprint density at radius 3 is 2.32 bits per heavy atom. The Bertz CT molecular complexity index is 2190. The van der Waals surface area contributed by atoms with Gasteiger partial charge in [-0.25, -0.2) is 4.79 Å². The van der Waals surface area contributed by atoms with Crippen LogP contribution in [-0.2, 0) is 33.8 Å². The lowest BCUT2D eigenvalue weighted by atomic mass is 10.0. The summed E-state index contributed by atoms with van der Waals surface area (Å²) in [5.74, 6) is -0.946. The summed E-state index contributed by atoms with van der Waals surface area (Å²) in [5, 5.41) is 8.76. The van der Waals surface area contributed by atoms with E-state index in [1.54, 1.807) is 86.8 Å². The van der Waals surface area contributed by atoms with Gasteiger partial charge >= 0.3 is 5.97 Å². The third-order valence-corrected chi connectivity index (χ3v) is 11.6. The monoisotopic (exact) mass is 788 g/mol. The van der Waals surface area contributed by atoms with Crippen molar-refractivity contribution in [3.63, 3.8) is 0 Å². The van der Waals surface area contributed by atoms with Crippen molar-refractivity contribution in [3.8, 4) is 5.75 Å². The van der Waals surface area contributed by atoms with E-state index in [-0.39, 0.29) is 18.2 Å². The molecule has 1 aromatic heterocycles. The van der Waals surface area contributed by atoms with Crippen LogP contribution in [0.15, 0.2) is 120 Å². The molecule has 0 bridgehead atoms. The van der Waals surface area contributed by atoms with E-state index < -0.39 is 23.0 Å². The molecule has 4 aromatic carbocycles. The number of esters is 1. The molecule has 1 aliphatic rings. The van der Waals surface area contributed by atoms with Crippen molar-refractivity contribution in [3.05, 3.63) is 148 Å². The zero-order valence-electron chi connectivity index (χ0n) is 31.5. The molecule has 1 unspecified atom stereocenters. The first-order valence-electron chi connectivity index (χ1n) is 18.4. The number of amides is 3. The first-order valence-corrected chi connectivity index (χ1v) is 20.1. The average molecular weight is 789 g/mol. The number of methoxy groups -OCH3 is 1. The summed E-state index contributed by atoms with van der Waals surface area (Å²) in [6.45, 7) is 6.20. The summed E-state index contributed by atoms with van der Waals surface area (Å²) < 4.78 is 10.7. The molecule has 0 saturated carbocycles. The van der Waals surface area contributed by atoms with Gasteiger partial charge in [-0.2, -0.15) is 0 Å². The van der Waals surface area contributed by atoms with Crippen molar-refractivity contribution in [1.82, 2.24) is 10.2 Å². The number of hydrogen-bond acceptors (Lipinski definition) is 9. The van der Waals surface area contributed by atoms with Crippen LogP contribution in [0, 0.1) is 0 Å². The number of ether oxygens (including phenoxy) is 2. The van der Waals surface area contributed by atoms with Gasteiger partial charge < -0.3 is 25.4 Å². The topological polar surface area (TPSA) is 126 Å². The average Bonchev–Trinajstić information content (AvgIpc) is 3.57. The molecule has 3 amide bonds. The van der Waals surface area contributed by atoms with Gasteiger partial charge in [0.05, 0.1) is 24.5 Å². The minimum atomic E-state index is -0.521. The van der Waals surface area contributed by atoms with Gasteiger partial charge in [0.2, 0.25) is 5.91 Å². The number of thiophene rings is 1. The molecule has 10 nitrogen and oxygen atoms in total. The summed E-state index contributed by atoms with van der Waals surface area (Å²) in [4.78, 5) is 58.1. The molecule has 5 aromatic rings. The molecule has 1 atom stereocenters. The van der Waals surface area contributed by atoms with Crippen LogP contribution in [0.2, 0.25) is 0 Å². The number of carbonyl (C=O) groups excluding carboxylic acids is 4. The maximum absolute atomic E-state index is 13.9. The SMILES string of the molecule is CCOC(=O)c1c(NC(=O)C(CC)Sc2cccc(NC(=O)/C(=C\c3ccc(OC)cc3)NC(=O)c3ccccc3)c2)sc2c1CCN(Cc1ccccc1)C2. The molecule has 2 heterocycles. The highest BCUT2D eigenvalue weighted by Crippen LogP contribution is 2.39. The van der Waals surface area contributed by atoms with Gasteiger partial charge in [-0.15, -0.1) is 23.1 Å². The molecular formula is C44H44N4O6S2. The Balaban J connectivity index is 1.16. The third-order valence-electron chi connectivity index (χ3n) is 9.09. The Morgan fingerprint density at radius 1 is 0.893 bits per heavy atom. The van der Waals surface area contributed by atoms with Crippen molar-refractivity contribution in [1.29, 1.82) is 0 Å². The number of hydrogen-bond donors (Lipinski definition) is 3. The Hall–Kier alpha value is -5.69. The molecule has 0 fully saturated rings. The van der Waals surface area contributed by atoms with Crippen molar-refractivity contribution >= 4 is 63.6 Å². The van der Waals surface area contributed by atoms with Crippen LogP contribution in [0.5, 0.6) is 5.75 Å². The van der Waals surface area contributed by atoms with E-state index in [2.05, 4.69) is 33.0 Å². The molecule has 56 heavy (non-hydrogen) atoms. The second-order valence-corrected chi connectivity index (χ2v) is 15.4. The molecule has 3 N–H and O–H groups in total. The van der Waals surface area contributed by atoms with Crippen LogP contribution in [0.1, 0.15) is 62.6 Å². The number of carbonyl (C=O) groups is 4. The predicted molar refractivity (Wildman–Crippen MR) is 223 cm³/mol. The van der Waals surface area contributed by atoms with Crippen LogP contribution in [0.4, 0.5) is 10.7 Å². The van der Waals surface area contributed by atoms with Crippen LogP contribution < -0.4 is 20.7 Å². The minimum absolute atomic E-state index is 0.0483. The van der Waals surface area contributed by atoms with E-state index in [4.69, 9.17) is 9.47 Å². The lowest BCUT2D eigenvalue weighted by Gasteiger charge is -2.27. The maximum Gasteiger partial charge on any atom is 0.341 e. The van der Waals surface area contributed by atoms with Crippen LogP contribution in [-0.4, -0.2) is 54.1 Å². The quantitative estimate of drug-likeness (QED) is 0.0549. The first kappa shape index (κ1) is 40.0. The molecule has 6 rings (SSSR count). The van der Waals surface area contributed by atoms with Crippen molar-refractivity contribution in [2.24, 2.45) is 0 Å². The molecule has 288 valence electrons. The first-order chi connectivity index (χ1) is 27.2. The van der Waals surface area contributed by atoms with E-state index in [1.165, 1.54) is 28.7 Å². The van der Waals surface area contributed by atoms with E-state index in [9.17, 15) is 19.2 Å². The Labute approximate surface area is 335 Å². The lowest BCUT2D eigenvalue weighted by molar-refractivity contribution is -0.116. The smallest absolute Gasteiger partial charge is 0.341 e. The molecule has 0 spiro atoms. The summed E-state index contributed by atoms with van der Waals surface area (Å²) >= 11 is 2.80. The van der Waals surface area contributed by atoms with E-state index in [1.807, 2.05) is 37.3 Å². The van der Waals surface area contributed by atoms with Gasteiger partial charge in [-0.1, -0.05) is 73.7 Å². The summed E-state index contributed by atoms with van der Waals surface area (Å²) in [6, 6.07) is 33.3. The number of thioether (sulfide) groups is 1. The van der Waals surface area contributed by atoms with Crippen molar-refractivity contribution in [2.45, 2.75) is 49.9 Å². The highest BCUT2D eigenvalue weighted by Gasteiger charge is 2.31. The van der Waals surface area contributed by atoms with Gasteiger partial charge in [-0.3, -0.25) is 19.3 Å². The van der Waals surface area contributed by atoms with Crippen LogP contribution >= 0.6 is 23.1 Å².